The minimum atomic E-state index is -0.0566. The van der Waals surface area contributed by atoms with Crippen molar-refractivity contribution in [2.24, 2.45) is 16.6 Å². The summed E-state index contributed by atoms with van der Waals surface area (Å²) in [7, 11) is 0. The third-order valence-electron chi connectivity index (χ3n) is 4.61. The zero-order chi connectivity index (χ0) is 15.0. The summed E-state index contributed by atoms with van der Waals surface area (Å²) in [6.45, 7) is 11.7. The van der Waals surface area contributed by atoms with Gasteiger partial charge in [-0.3, -0.25) is 0 Å². The van der Waals surface area contributed by atoms with Crippen LogP contribution in [0.2, 0.25) is 0 Å². The van der Waals surface area contributed by atoms with Crippen molar-refractivity contribution in [3.8, 4) is 0 Å². The van der Waals surface area contributed by atoms with Crippen LogP contribution < -0.4 is 5.73 Å². The second kappa shape index (κ2) is 5.18. The average Bonchev–Trinajstić information content (AvgIpc) is 2.24. The van der Waals surface area contributed by atoms with E-state index >= 15 is 0 Å². The summed E-state index contributed by atoms with van der Waals surface area (Å²) in [4.78, 5) is 0. The van der Waals surface area contributed by atoms with E-state index in [2.05, 4.69) is 58.9 Å². The molecule has 0 atom stereocenters. The first kappa shape index (κ1) is 15.6. The molecular weight excluding hydrogens is 242 g/mol. The van der Waals surface area contributed by atoms with E-state index in [9.17, 15) is 0 Å². The smallest absolute Gasteiger partial charge is 0.0205 e. The van der Waals surface area contributed by atoms with E-state index in [1.54, 1.807) is 0 Å². The van der Waals surface area contributed by atoms with E-state index in [1.165, 1.54) is 17.5 Å². The highest BCUT2D eigenvalue weighted by atomic mass is 14.8. The van der Waals surface area contributed by atoms with Crippen molar-refractivity contribution >= 4 is 0 Å². The van der Waals surface area contributed by atoms with Gasteiger partial charge in [0.15, 0.2) is 0 Å². The van der Waals surface area contributed by atoms with Crippen LogP contribution in [-0.2, 0) is 12.8 Å². The van der Waals surface area contributed by atoms with Gasteiger partial charge < -0.3 is 5.73 Å². The van der Waals surface area contributed by atoms with Crippen molar-refractivity contribution < 1.29 is 0 Å². The normalized spacial score (nSPS) is 23.5. The molecule has 1 aromatic rings. The van der Waals surface area contributed by atoms with Gasteiger partial charge in [0.25, 0.3) is 0 Å². The standard InChI is InChI=1S/C19H31N/c1-6-15-7-9-16(10-8-15)11-19(20)13-17(2,3)12-18(4,5)14-19/h7-10H,6,11-14,20H2,1-5H3. The molecular formula is C19H31N. The maximum Gasteiger partial charge on any atom is 0.0205 e. The Morgan fingerprint density at radius 1 is 0.850 bits per heavy atom. The lowest BCUT2D eigenvalue weighted by Crippen LogP contribution is -2.53. The molecule has 0 amide bonds. The largest absolute Gasteiger partial charge is 0.325 e. The molecule has 1 aliphatic rings. The number of rotatable bonds is 3. The second-order valence-corrected chi connectivity index (χ2v) is 8.57. The molecule has 20 heavy (non-hydrogen) atoms. The number of nitrogens with two attached hydrogens (primary N) is 1. The summed E-state index contributed by atoms with van der Waals surface area (Å²) >= 11 is 0. The van der Waals surface area contributed by atoms with Crippen molar-refractivity contribution in [1.82, 2.24) is 0 Å². The van der Waals surface area contributed by atoms with E-state index in [0.29, 0.717) is 10.8 Å². The lowest BCUT2D eigenvalue weighted by Gasteiger charge is -2.50. The van der Waals surface area contributed by atoms with Crippen LogP contribution in [0.1, 0.15) is 65.0 Å². The third kappa shape index (κ3) is 3.85. The Bertz CT molecular complexity index is 437. The first-order chi connectivity index (χ1) is 9.13. The van der Waals surface area contributed by atoms with Crippen LogP contribution in [-0.4, -0.2) is 5.54 Å². The van der Waals surface area contributed by atoms with Crippen LogP contribution in [0.4, 0.5) is 0 Å². The van der Waals surface area contributed by atoms with E-state index in [1.807, 2.05) is 0 Å². The Hall–Kier alpha value is -0.820. The van der Waals surface area contributed by atoms with Gasteiger partial charge in [-0.2, -0.15) is 0 Å². The summed E-state index contributed by atoms with van der Waals surface area (Å²) in [5.74, 6) is 0. The highest BCUT2D eigenvalue weighted by molar-refractivity contribution is 5.24. The zero-order valence-corrected chi connectivity index (χ0v) is 13.9. The van der Waals surface area contributed by atoms with Crippen LogP contribution in [0.25, 0.3) is 0 Å². The molecule has 0 bridgehead atoms. The number of aryl methyl sites for hydroxylation is 1. The third-order valence-corrected chi connectivity index (χ3v) is 4.61. The highest BCUT2D eigenvalue weighted by Crippen LogP contribution is 2.50. The molecule has 2 N–H and O–H groups in total. The van der Waals surface area contributed by atoms with Crippen molar-refractivity contribution in [3.05, 3.63) is 35.4 Å². The van der Waals surface area contributed by atoms with Gasteiger partial charge in [-0.1, -0.05) is 58.9 Å². The predicted octanol–water partition coefficient (Wildman–Crippen LogP) is 4.73. The quantitative estimate of drug-likeness (QED) is 0.847. The summed E-state index contributed by atoms with van der Waals surface area (Å²) in [6, 6.07) is 9.03. The molecule has 0 heterocycles. The van der Waals surface area contributed by atoms with Crippen LogP contribution in [0, 0.1) is 10.8 Å². The van der Waals surface area contributed by atoms with Crippen LogP contribution in [0.3, 0.4) is 0 Å². The Balaban J connectivity index is 2.17. The topological polar surface area (TPSA) is 26.0 Å². The summed E-state index contributed by atoms with van der Waals surface area (Å²) in [6.07, 6.45) is 5.63. The Morgan fingerprint density at radius 3 is 1.75 bits per heavy atom. The SMILES string of the molecule is CCc1ccc(CC2(N)CC(C)(C)CC(C)(C)C2)cc1. The highest BCUT2D eigenvalue weighted by Gasteiger charge is 2.45. The molecule has 1 nitrogen and oxygen atoms in total. The Labute approximate surface area is 125 Å². The molecule has 0 radical (unpaired) electrons. The zero-order valence-electron chi connectivity index (χ0n) is 13.9. The van der Waals surface area contributed by atoms with Gasteiger partial charge in [-0.25, -0.2) is 0 Å². The molecule has 1 fully saturated rings. The molecule has 1 aromatic carbocycles. The van der Waals surface area contributed by atoms with Gasteiger partial charge in [0, 0.05) is 5.54 Å². The van der Waals surface area contributed by atoms with E-state index in [0.717, 1.165) is 25.7 Å². The summed E-state index contributed by atoms with van der Waals surface area (Å²) in [5, 5.41) is 0. The van der Waals surface area contributed by atoms with Crippen LogP contribution >= 0.6 is 0 Å². The predicted molar refractivity (Wildman–Crippen MR) is 87.9 cm³/mol. The van der Waals surface area contributed by atoms with Gasteiger partial charge in [0.05, 0.1) is 0 Å². The fourth-order valence-corrected chi connectivity index (χ4v) is 4.81. The second-order valence-electron chi connectivity index (χ2n) is 8.57. The van der Waals surface area contributed by atoms with Gasteiger partial charge in [0.1, 0.15) is 0 Å². The summed E-state index contributed by atoms with van der Waals surface area (Å²) < 4.78 is 0. The molecule has 0 aromatic heterocycles. The maximum atomic E-state index is 6.81. The number of hydrogen-bond acceptors (Lipinski definition) is 1. The van der Waals surface area contributed by atoms with Gasteiger partial charge in [-0.05, 0) is 54.1 Å². The molecule has 0 spiro atoms. The molecule has 1 aliphatic carbocycles. The average molecular weight is 273 g/mol. The molecule has 1 heteroatoms. The minimum Gasteiger partial charge on any atom is -0.325 e. The van der Waals surface area contributed by atoms with E-state index in [-0.39, 0.29) is 5.54 Å². The fraction of sp³-hybridized carbons (Fsp3) is 0.684. The van der Waals surface area contributed by atoms with Crippen LogP contribution in [0.5, 0.6) is 0 Å². The van der Waals surface area contributed by atoms with Gasteiger partial charge in [0.2, 0.25) is 0 Å². The number of benzene rings is 1. The van der Waals surface area contributed by atoms with Crippen molar-refractivity contribution in [1.29, 1.82) is 0 Å². The van der Waals surface area contributed by atoms with Crippen LogP contribution in [0.15, 0.2) is 24.3 Å². The molecule has 1 saturated carbocycles. The van der Waals surface area contributed by atoms with Crippen molar-refractivity contribution in [2.45, 2.75) is 72.3 Å². The Morgan fingerprint density at radius 2 is 1.30 bits per heavy atom. The monoisotopic (exact) mass is 273 g/mol. The van der Waals surface area contributed by atoms with Gasteiger partial charge >= 0.3 is 0 Å². The molecule has 112 valence electrons. The summed E-state index contributed by atoms with van der Waals surface area (Å²) in [5.41, 5.74) is 10.2. The molecule has 0 unspecified atom stereocenters. The maximum absolute atomic E-state index is 6.81. The fourth-order valence-electron chi connectivity index (χ4n) is 4.81. The first-order valence-electron chi connectivity index (χ1n) is 8.00. The minimum absolute atomic E-state index is 0.0566. The molecule has 0 aliphatic heterocycles. The first-order valence-corrected chi connectivity index (χ1v) is 8.00. The van der Waals surface area contributed by atoms with E-state index < -0.39 is 0 Å². The number of hydrogen-bond donors (Lipinski definition) is 1. The Kier molecular flexibility index (Phi) is 4.03. The lowest BCUT2D eigenvalue weighted by molar-refractivity contribution is 0.0487. The van der Waals surface area contributed by atoms with Crippen molar-refractivity contribution in [2.75, 3.05) is 0 Å². The van der Waals surface area contributed by atoms with Crippen molar-refractivity contribution in [3.63, 3.8) is 0 Å². The molecule has 2 rings (SSSR count). The van der Waals surface area contributed by atoms with E-state index in [4.69, 9.17) is 5.73 Å². The van der Waals surface area contributed by atoms with Gasteiger partial charge in [-0.15, -0.1) is 0 Å². The molecule has 0 saturated heterocycles. The lowest BCUT2D eigenvalue weighted by atomic mass is 9.57.